The summed E-state index contributed by atoms with van der Waals surface area (Å²) < 4.78 is 5.18. The van der Waals surface area contributed by atoms with Crippen LogP contribution >= 0.6 is 15.9 Å². The molecule has 1 N–H and O–H groups in total. The van der Waals surface area contributed by atoms with Crippen molar-refractivity contribution in [3.63, 3.8) is 0 Å². The summed E-state index contributed by atoms with van der Waals surface area (Å²) in [6.07, 6.45) is 1.12. The van der Waals surface area contributed by atoms with Crippen molar-refractivity contribution in [3.8, 4) is 0 Å². The average molecular weight is 311 g/mol. The molecule has 5 heteroatoms. The van der Waals surface area contributed by atoms with Crippen molar-refractivity contribution in [2.75, 3.05) is 11.9 Å². The molecule has 0 bridgehead atoms. The van der Waals surface area contributed by atoms with Crippen LogP contribution in [0.25, 0.3) is 0 Å². The molecule has 0 amide bonds. The van der Waals surface area contributed by atoms with Gasteiger partial charge in [-0.25, -0.2) is 4.79 Å². The Morgan fingerprint density at radius 1 is 1.35 bits per heavy atom. The SMILES string of the molecule is O=C(OC(CO)CCCBr)c1ccccc1.[NaH]. The number of aliphatic hydroxyl groups is 1. The zero-order valence-corrected chi connectivity index (χ0v) is 10.5. The first-order valence-electron chi connectivity index (χ1n) is 5.20. The van der Waals surface area contributed by atoms with E-state index in [1.54, 1.807) is 24.3 Å². The molecule has 0 fully saturated rings. The molecule has 0 radical (unpaired) electrons. The summed E-state index contributed by atoms with van der Waals surface area (Å²) in [6, 6.07) is 8.79. The van der Waals surface area contributed by atoms with Crippen LogP contribution in [0.2, 0.25) is 0 Å². The number of ether oxygens (including phenoxy) is 1. The number of hydrogen-bond acceptors (Lipinski definition) is 3. The van der Waals surface area contributed by atoms with Crippen LogP contribution in [-0.2, 0) is 4.74 Å². The molecule has 0 spiro atoms. The van der Waals surface area contributed by atoms with Gasteiger partial charge < -0.3 is 9.84 Å². The van der Waals surface area contributed by atoms with Gasteiger partial charge in [0.2, 0.25) is 0 Å². The normalized spacial score (nSPS) is 11.4. The first kappa shape index (κ1) is 17.1. The number of aliphatic hydroxyl groups excluding tert-OH is 1. The van der Waals surface area contributed by atoms with Gasteiger partial charge in [-0.05, 0) is 25.0 Å². The van der Waals surface area contributed by atoms with Crippen molar-refractivity contribution in [2.24, 2.45) is 0 Å². The van der Waals surface area contributed by atoms with Crippen molar-refractivity contribution in [2.45, 2.75) is 18.9 Å². The van der Waals surface area contributed by atoms with E-state index in [1.165, 1.54) is 0 Å². The molecule has 0 saturated carbocycles. The molecule has 0 aliphatic heterocycles. The quantitative estimate of drug-likeness (QED) is 0.494. The molecule has 90 valence electrons. The molecule has 1 rings (SSSR count). The van der Waals surface area contributed by atoms with Crippen molar-refractivity contribution in [3.05, 3.63) is 35.9 Å². The molecular formula is C12H16BrNaO3. The van der Waals surface area contributed by atoms with E-state index in [0.29, 0.717) is 12.0 Å². The van der Waals surface area contributed by atoms with Crippen LogP contribution in [0, 0.1) is 0 Å². The second-order valence-electron chi connectivity index (χ2n) is 3.41. The molecule has 1 aromatic carbocycles. The van der Waals surface area contributed by atoms with E-state index in [9.17, 15) is 4.79 Å². The molecule has 0 heterocycles. The van der Waals surface area contributed by atoms with Crippen LogP contribution in [-0.4, -0.2) is 58.7 Å². The van der Waals surface area contributed by atoms with Crippen LogP contribution in [0.5, 0.6) is 0 Å². The Balaban J connectivity index is 0.00000256. The Morgan fingerprint density at radius 2 is 2.00 bits per heavy atom. The number of esters is 1. The minimum atomic E-state index is -0.412. The molecule has 0 aliphatic rings. The standard InChI is InChI=1S/C12H15BrO3.Na.H/c13-8-4-7-11(9-14)16-12(15)10-5-2-1-3-6-10;;/h1-3,5-6,11,14H,4,7-9H2;;. The average Bonchev–Trinajstić information content (AvgIpc) is 2.35. The van der Waals surface area contributed by atoms with Crippen molar-refractivity contribution in [1.82, 2.24) is 0 Å². The number of hydrogen-bond donors (Lipinski definition) is 1. The third-order valence-electron chi connectivity index (χ3n) is 2.15. The summed E-state index contributed by atoms with van der Waals surface area (Å²) in [7, 11) is 0. The van der Waals surface area contributed by atoms with Crippen molar-refractivity contribution < 1.29 is 14.6 Å². The fourth-order valence-electron chi connectivity index (χ4n) is 1.29. The Bertz CT molecular complexity index is 319. The molecule has 0 aliphatic carbocycles. The van der Waals surface area contributed by atoms with Gasteiger partial charge in [-0.1, -0.05) is 34.1 Å². The first-order valence-corrected chi connectivity index (χ1v) is 6.33. The van der Waals surface area contributed by atoms with Gasteiger partial charge in [0, 0.05) is 5.33 Å². The first-order chi connectivity index (χ1) is 7.77. The molecule has 0 saturated heterocycles. The number of alkyl halides is 1. The Morgan fingerprint density at radius 3 is 2.53 bits per heavy atom. The topological polar surface area (TPSA) is 46.5 Å². The molecule has 1 aromatic rings. The summed E-state index contributed by atoms with van der Waals surface area (Å²) >= 11 is 3.30. The van der Waals surface area contributed by atoms with E-state index >= 15 is 0 Å². The zero-order chi connectivity index (χ0) is 11.8. The predicted molar refractivity (Wildman–Crippen MR) is 72.9 cm³/mol. The van der Waals surface area contributed by atoms with E-state index in [2.05, 4.69) is 15.9 Å². The van der Waals surface area contributed by atoms with Crippen LogP contribution in [0.3, 0.4) is 0 Å². The molecule has 1 atom stereocenters. The fraction of sp³-hybridized carbons (Fsp3) is 0.417. The summed E-state index contributed by atoms with van der Waals surface area (Å²) in [5, 5.41) is 9.90. The van der Waals surface area contributed by atoms with Crippen LogP contribution in [0.1, 0.15) is 23.2 Å². The number of carbonyl (C=O) groups excluding carboxylic acids is 1. The van der Waals surface area contributed by atoms with Crippen molar-refractivity contribution >= 4 is 51.5 Å². The Kier molecular flexibility index (Phi) is 10.2. The fourth-order valence-corrected chi connectivity index (χ4v) is 1.61. The maximum absolute atomic E-state index is 11.6. The zero-order valence-electron chi connectivity index (χ0n) is 8.93. The second kappa shape index (κ2) is 10.1. The number of halogens is 1. The van der Waals surface area contributed by atoms with Gasteiger partial charge in [0.15, 0.2) is 0 Å². The minimum absolute atomic E-state index is 0. The molecular weight excluding hydrogens is 295 g/mol. The molecule has 0 aromatic heterocycles. The molecule has 1 unspecified atom stereocenters. The van der Waals surface area contributed by atoms with Gasteiger partial charge in [-0.2, -0.15) is 0 Å². The number of rotatable bonds is 6. The van der Waals surface area contributed by atoms with E-state index in [-0.39, 0.29) is 42.1 Å². The van der Waals surface area contributed by atoms with Crippen molar-refractivity contribution in [1.29, 1.82) is 0 Å². The van der Waals surface area contributed by atoms with Crippen LogP contribution < -0.4 is 0 Å². The predicted octanol–water partition coefficient (Wildman–Crippen LogP) is 1.73. The van der Waals surface area contributed by atoms with Gasteiger partial charge >= 0.3 is 35.5 Å². The summed E-state index contributed by atoms with van der Waals surface area (Å²) in [5.74, 6) is -0.380. The van der Waals surface area contributed by atoms with Gasteiger partial charge in [0.05, 0.1) is 12.2 Å². The Hall–Kier alpha value is 0.130. The van der Waals surface area contributed by atoms with E-state index in [1.807, 2.05) is 6.07 Å². The van der Waals surface area contributed by atoms with Gasteiger partial charge in [0.25, 0.3) is 0 Å². The van der Waals surface area contributed by atoms with Crippen LogP contribution in [0.4, 0.5) is 0 Å². The number of carbonyl (C=O) groups is 1. The third kappa shape index (κ3) is 6.58. The third-order valence-corrected chi connectivity index (χ3v) is 2.71. The summed E-state index contributed by atoms with van der Waals surface area (Å²) in [4.78, 5) is 11.6. The number of benzene rings is 1. The second-order valence-corrected chi connectivity index (χ2v) is 4.20. The summed E-state index contributed by atoms with van der Waals surface area (Å²) in [5.41, 5.74) is 0.514. The summed E-state index contributed by atoms with van der Waals surface area (Å²) in [6.45, 7) is -0.133. The van der Waals surface area contributed by atoms with Gasteiger partial charge in [-0.15, -0.1) is 0 Å². The van der Waals surface area contributed by atoms with Crippen LogP contribution in [0.15, 0.2) is 30.3 Å². The molecule has 3 nitrogen and oxygen atoms in total. The van der Waals surface area contributed by atoms with E-state index in [0.717, 1.165) is 11.8 Å². The molecule has 17 heavy (non-hydrogen) atoms. The monoisotopic (exact) mass is 310 g/mol. The van der Waals surface area contributed by atoms with E-state index in [4.69, 9.17) is 9.84 Å². The van der Waals surface area contributed by atoms with Gasteiger partial charge in [-0.3, -0.25) is 0 Å². The Labute approximate surface area is 132 Å². The van der Waals surface area contributed by atoms with Gasteiger partial charge in [0.1, 0.15) is 6.10 Å². The maximum atomic E-state index is 11.6. The van der Waals surface area contributed by atoms with E-state index < -0.39 is 6.10 Å².